The Hall–Kier alpha value is -4.34. The van der Waals surface area contributed by atoms with E-state index in [0.717, 1.165) is 23.7 Å². The molecule has 5 heterocycles. The number of pyridine rings is 1. The zero-order valence-corrected chi connectivity index (χ0v) is 24.2. The average molecular weight is 572 g/mol. The Bertz CT molecular complexity index is 1570. The first-order chi connectivity index (χ1) is 19.9. The average Bonchev–Trinajstić information content (AvgIpc) is 3.65. The van der Waals surface area contributed by atoms with Crippen LogP contribution < -0.4 is 15.5 Å². The molecular weight excluding hydrogens is 538 g/mol. The Morgan fingerprint density at radius 2 is 2.02 bits per heavy atom. The number of likely N-dealkylation sites (N-methyl/N-ethyl adjacent to an activating group) is 1. The SMILES string of the molecule is CCN(CC)C(C)CNC(=O)c1cc(-c2cnn3ccc(-c4cccs4)nc23)nc(N2CC[C@H]2C(=O)NCC#N)c1. The van der Waals surface area contributed by atoms with Crippen molar-refractivity contribution in [3.8, 4) is 27.9 Å². The fourth-order valence-electron chi connectivity index (χ4n) is 5.04. The summed E-state index contributed by atoms with van der Waals surface area (Å²) in [6, 6.07) is 11.0. The molecular formula is C29H33N9O2S. The van der Waals surface area contributed by atoms with Gasteiger partial charge in [-0.05, 0) is 56.1 Å². The van der Waals surface area contributed by atoms with Gasteiger partial charge in [0.25, 0.3) is 5.91 Å². The van der Waals surface area contributed by atoms with Crippen molar-refractivity contribution in [2.24, 2.45) is 0 Å². The third kappa shape index (κ3) is 5.91. The molecule has 12 heteroatoms. The molecule has 2 amide bonds. The summed E-state index contributed by atoms with van der Waals surface area (Å²) in [4.78, 5) is 41.1. The van der Waals surface area contributed by atoms with Crippen LogP contribution >= 0.6 is 11.3 Å². The quantitative estimate of drug-likeness (QED) is 0.263. The number of nitrogens with one attached hydrogen (secondary N) is 2. The molecule has 5 rings (SSSR count). The van der Waals surface area contributed by atoms with Gasteiger partial charge in [-0.2, -0.15) is 10.4 Å². The molecule has 1 unspecified atom stereocenters. The highest BCUT2D eigenvalue weighted by molar-refractivity contribution is 7.13. The van der Waals surface area contributed by atoms with E-state index in [1.54, 1.807) is 34.2 Å². The number of amides is 2. The van der Waals surface area contributed by atoms with Crippen molar-refractivity contribution in [2.75, 3.05) is 37.6 Å². The van der Waals surface area contributed by atoms with Crippen LogP contribution in [0.15, 0.2) is 48.1 Å². The molecule has 1 fully saturated rings. The number of aromatic nitrogens is 4. The summed E-state index contributed by atoms with van der Waals surface area (Å²) in [5, 5.41) is 21.1. The van der Waals surface area contributed by atoms with E-state index in [1.165, 1.54) is 0 Å². The highest BCUT2D eigenvalue weighted by atomic mass is 32.1. The molecule has 1 saturated heterocycles. The van der Waals surface area contributed by atoms with E-state index >= 15 is 0 Å². The second-order valence-corrected chi connectivity index (χ2v) is 10.8. The zero-order valence-electron chi connectivity index (χ0n) is 23.4. The number of nitrogens with zero attached hydrogens (tertiary/aromatic N) is 7. The minimum Gasteiger partial charge on any atom is -0.350 e. The molecule has 2 N–H and O–H groups in total. The first-order valence-electron chi connectivity index (χ1n) is 13.8. The molecule has 2 atom stereocenters. The Balaban J connectivity index is 1.51. The molecule has 0 aromatic carbocycles. The maximum atomic E-state index is 13.5. The Morgan fingerprint density at radius 1 is 1.20 bits per heavy atom. The third-order valence-electron chi connectivity index (χ3n) is 7.44. The zero-order chi connectivity index (χ0) is 28.9. The third-order valence-corrected chi connectivity index (χ3v) is 8.34. The Morgan fingerprint density at radius 3 is 2.71 bits per heavy atom. The maximum absolute atomic E-state index is 13.5. The summed E-state index contributed by atoms with van der Waals surface area (Å²) in [5.74, 6) is 0.0625. The molecule has 212 valence electrons. The van der Waals surface area contributed by atoms with Crippen LogP contribution in [-0.2, 0) is 4.79 Å². The summed E-state index contributed by atoms with van der Waals surface area (Å²) >= 11 is 1.60. The number of hydrogen-bond acceptors (Lipinski definition) is 9. The normalized spacial score (nSPS) is 15.4. The van der Waals surface area contributed by atoms with Crippen molar-refractivity contribution >= 4 is 34.6 Å². The standard InChI is InChI=1S/C29H33N9O2S/c1-4-36(5-2)19(3)17-32-28(39)20-15-23(34-26(16-20)37-12-9-24(37)29(40)31-11-10-30)21-18-33-38-13-8-22(35-27(21)38)25-7-6-14-41-25/h6-8,13-16,18-19,24H,4-5,9,11-12,17H2,1-3H3,(H,31,40)(H,32,39)/t19?,24-/m0/s1. The molecule has 1 aliphatic rings. The lowest BCUT2D eigenvalue weighted by Gasteiger charge is -2.40. The fraction of sp³-hybridized carbons (Fsp3) is 0.379. The van der Waals surface area contributed by atoms with Crippen molar-refractivity contribution in [1.82, 2.24) is 35.1 Å². The van der Waals surface area contributed by atoms with Gasteiger partial charge in [-0.25, -0.2) is 14.5 Å². The summed E-state index contributed by atoms with van der Waals surface area (Å²) < 4.78 is 1.69. The van der Waals surface area contributed by atoms with E-state index in [-0.39, 0.29) is 24.4 Å². The number of fused-ring (bicyclic) bond motifs is 1. The fourth-order valence-corrected chi connectivity index (χ4v) is 5.74. The van der Waals surface area contributed by atoms with E-state index in [0.29, 0.717) is 47.8 Å². The van der Waals surface area contributed by atoms with E-state index in [1.807, 2.05) is 40.7 Å². The van der Waals surface area contributed by atoms with Gasteiger partial charge >= 0.3 is 0 Å². The van der Waals surface area contributed by atoms with E-state index < -0.39 is 6.04 Å². The van der Waals surface area contributed by atoms with Gasteiger partial charge in [0.15, 0.2) is 5.65 Å². The predicted octanol–water partition coefficient (Wildman–Crippen LogP) is 3.20. The van der Waals surface area contributed by atoms with Crippen molar-refractivity contribution in [2.45, 2.75) is 39.3 Å². The van der Waals surface area contributed by atoms with Crippen LogP contribution in [0.1, 0.15) is 37.6 Å². The van der Waals surface area contributed by atoms with Crippen molar-refractivity contribution in [3.05, 3.63) is 53.7 Å². The largest absolute Gasteiger partial charge is 0.350 e. The van der Waals surface area contributed by atoms with Crippen molar-refractivity contribution < 1.29 is 9.59 Å². The smallest absolute Gasteiger partial charge is 0.251 e. The van der Waals surface area contributed by atoms with E-state index in [4.69, 9.17) is 15.2 Å². The molecule has 0 bridgehead atoms. The molecule has 41 heavy (non-hydrogen) atoms. The number of carbonyl (C=O) groups excluding carboxylic acids is 2. The summed E-state index contributed by atoms with van der Waals surface area (Å²) in [6.07, 6.45) is 4.19. The van der Waals surface area contributed by atoms with Gasteiger partial charge in [0, 0.05) is 30.9 Å². The lowest BCUT2D eigenvalue weighted by atomic mass is 10.0. The van der Waals surface area contributed by atoms with Crippen LogP contribution in [0.5, 0.6) is 0 Å². The van der Waals surface area contributed by atoms with Gasteiger partial charge in [-0.1, -0.05) is 19.9 Å². The molecule has 0 radical (unpaired) electrons. The maximum Gasteiger partial charge on any atom is 0.251 e. The van der Waals surface area contributed by atoms with Gasteiger partial charge < -0.3 is 15.5 Å². The van der Waals surface area contributed by atoms with E-state index in [2.05, 4.69) is 41.4 Å². The molecule has 0 aliphatic carbocycles. The minimum absolute atomic E-state index is 0.0599. The molecule has 4 aromatic rings. The number of thiophene rings is 1. The van der Waals surface area contributed by atoms with Gasteiger partial charge in [0.2, 0.25) is 5.91 Å². The summed E-state index contributed by atoms with van der Waals surface area (Å²) in [6.45, 7) is 9.15. The number of rotatable bonds is 11. The topological polar surface area (TPSA) is 132 Å². The van der Waals surface area contributed by atoms with Crippen LogP contribution in [0.4, 0.5) is 5.82 Å². The van der Waals surface area contributed by atoms with Crippen molar-refractivity contribution in [3.63, 3.8) is 0 Å². The lowest BCUT2D eigenvalue weighted by molar-refractivity contribution is -0.123. The van der Waals surface area contributed by atoms with Gasteiger partial charge in [-0.15, -0.1) is 11.3 Å². The summed E-state index contributed by atoms with van der Waals surface area (Å²) in [5.41, 5.74) is 3.11. The number of nitriles is 1. The number of hydrogen-bond donors (Lipinski definition) is 2. The van der Waals surface area contributed by atoms with Crippen LogP contribution in [0.3, 0.4) is 0 Å². The second-order valence-electron chi connectivity index (χ2n) is 9.87. The number of anilines is 1. The van der Waals surface area contributed by atoms with Crippen LogP contribution in [0.2, 0.25) is 0 Å². The molecule has 11 nitrogen and oxygen atoms in total. The lowest BCUT2D eigenvalue weighted by Crippen LogP contribution is -2.56. The van der Waals surface area contributed by atoms with E-state index in [9.17, 15) is 9.59 Å². The van der Waals surface area contributed by atoms with Crippen LogP contribution in [-0.4, -0.2) is 81.1 Å². The Labute approximate surface area is 242 Å². The van der Waals surface area contributed by atoms with Gasteiger partial charge in [0.1, 0.15) is 18.4 Å². The van der Waals surface area contributed by atoms with Gasteiger partial charge in [0.05, 0.1) is 34.1 Å². The molecule has 1 aliphatic heterocycles. The van der Waals surface area contributed by atoms with Crippen LogP contribution in [0, 0.1) is 11.3 Å². The first-order valence-corrected chi connectivity index (χ1v) is 14.7. The highest BCUT2D eigenvalue weighted by Gasteiger charge is 2.35. The second kappa shape index (κ2) is 12.4. The number of carbonyl (C=O) groups is 2. The molecule has 0 saturated carbocycles. The Kier molecular flexibility index (Phi) is 8.56. The first kappa shape index (κ1) is 28.2. The predicted molar refractivity (Wildman–Crippen MR) is 159 cm³/mol. The van der Waals surface area contributed by atoms with Crippen LogP contribution in [0.25, 0.3) is 27.5 Å². The minimum atomic E-state index is -0.461. The highest BCUT2D eigenvalue weighted by Crippen LogP contribution is 2.31. The molecule has 4 aromatic heterocycles. The monoisotopic (exact) mass is 571 g/mol. The molecule has 0 spiro atoms. The van der Waals surface area contributed by atoms with Crippen molar-refractivity contribution in [1.29, 1.82) is 5.26 Å². The van der Waals surface area contributed by atoms with Gasteiger partial charge in [-0.3, -0.25) is 14.5 Å². The summed E-state index contributed by atoms with van der Waals surface area (Å²) in [7, 11) is 0.